The summed E-state index contributed by atoms with van der Waals surface area (Å²) >= 11 is 0. The molecule has 1 aliphatic heterocycles. The maximum atomic E-state index is 13.7. The Bertz CT molecular complexity index is 1080. The molecule has 2 aromatic carbocycles. The predicted molar refractivity (Wildman–Crippen MR) is 103 cm³/mol. The zero-order valence-electron chi connectivity index (χ0n) is 15.4. The van der Waals surface area contributed by atoms with Crippen LogP contribution in [0.1, 0.15) is 24.9 Å². The van der Waals surface area contributed by atoms with Crippen molar-refractivity contribution in [1.29, 1.82) is 0 Å². The third-order valence-corrected chi connectivity index (χ3v) is 7.19. The molecular formula is C19H22FNO4S2. The lowest BCUT2D eigenvalue weighted by atomic mass is 9.95. The molecule has 0 spiro atoms. The summed E-state index contributed by atoms with van der Waals surface area (Å²) in [7, 11) is -7.21. The number of sulfone groups is 2. The number of halogens is 1. The zero-order valence-corrected chi connectivity index (χ0v) is 17.0. The molecule has 8 heteroatoms. The first kappa shape index (κ1) is 19.8. The highest BCUT2D eigenvalue weighted by Gasteiger charge is 2.35. The van der Waals surface area contributed by atoms with Gasteiger partial charge in [-0.25, -0.2) is 21.2 Å². The van der Waals surface area contributed by atoms with Gasteiger partial charge in [0.1, 0.15) is 5.82 Å². The summed E-state index contributed by atoms with van der Waals surface area (Å²) in [6.07, 6.45) is 2.92. The van der Waals surface area contributed by atoms with Crippen molar-refractivity contribution in [3.05, 3.63) is 53.8 Å². The largest absolute Gasteiger partial charge is 0.363 e. The van der Waals surface area contributed by atoms with Crippen molar-refractivity contribution in [2.75, 3.05) is 24.0 Å². The average molecular weight is 412 g/mol. The summed E-state index contributed by atoms with van der Waals surface area (Å²) < 4.78 is 62.3. The predicted octanol–water partition coefficient (Wildman–Crippen LogP) is 3.22. The molecule has 1 aliphatic rings. The Labute approximate surface area is 159 Å². The standard InChI is InChI=1S/C19H22FNO4S2/c1-13-9-10-21(19(13)14-5-4-6-15(20)11-14)17-8-7-16(26(2,22)23)12-18(17)27(3,24)25/h4-8,11-13,19H,9-10H2,1-3H3. The quantitative estimate of drug-likeness (QED) is 0.773. The van der Waals surface area contributed by atoms with Gasteiger partial charge in [0.15, 0.2) is 19.7 Å². The van der Waals surface area contributed by atoms with Crippen molar-refractivity contribution in [3.63, 3.8) is 0 Å². The first-order valence-electron chi connectivity index (χ1n) is 8.55. The summed E-state index contributed by atoms with van der Waals surface area (Å²) in [6, 6.07) is 10.3. The molecule has 0 radical (unpaired) electrons. The van der Waals surface area contributed by atoms with Gasteiger partial charge in [0.25, 0.3) is 0 Å². The summed E-state index contributed by atoms with van der Waals surface area (Å²) in [5.74, 6) is -0.156. The van der Waals surface area contributed by atoms with Crippen molar-refractivity contribution in [3.8, 4) is 0 Å². The van der Waals surface area contributed by atoms with Crippen molar-refractivity contribution in [2.45, 2.75) is 29.2 Å². The van der Waals surface area contributed by atoms with E-state index in [4.69, 9.17) is 0 Å². The van der Waals surface area contributed by atoms with Gasteiger partial charge in [0, 0.05) is 19.1 Å². The maximum absolute atomic E-state index is 13.7. The van der Waals surface area contributed by atoms with Crippen LogP contribution in [-0.2, 0) is 19.7 Å². The minimum Gasteiger partial charge on any atom is -0.363 e. The van der Waals surface area contributed by atoms with E-state index in [1.807, 2.05) is 17.9 Å². The van der Waals surface area contributed by atoms with Crippen molar-refractivity contribution < 1.29 is 21.2 Å². The molecule has 1 saturated heterocycles. The van der Waals surface area contributed by atoms with Gasteiger partial charge in [-0.1, -0.05) is 19.1 Å². The molecule has 27 heavy (non-hydrogen) atoms. The average Bonchev–Trinajstić information content (AvgIpc) is 2.94. The first-order valence-corrected chi connectivity index (χ1v) is 12.3. The number of anilines is 1. The molecule has 3 rings (SSSR count). The highest BCUT2D eigenvalue weighted by atomic mass is 32.2. The molecule has 0 aromatic heterocycles. The molecule has 1 heterocycles. The minimum absolute atomic E-state index is 0.0269. The van der Waals surface area contributed by atoms with Crippen LogP contribution in [0.3, 0.4) is 0 Å². The monoisotopic (exact) mass is 411 g/mol. The van der Waals surface area contributed by atoms with E-state index in [2.05, 4.69) is 0 Å². The Morgan fingerprint density at radius 2 is 1.70 bits per heavy atom. The number of benzene rings is 2. The Kier molecular flexibility index (Phi) is 5.07. The molecule has 146 valence electrons. The fourth-order valence-electron chi connectivity index (χ4n) is 3.68. The van der Waals surface area contributed by atoms with Crippen LogP contribution in [0.2, 0.25) is 0 Å². The van der Waals surface area contributed by atoms with Crippen molar-refractivity contribution in [1.82, 2.24) is 0 Å². The first-order chi connectivity index (χ1) is 12.5. The van der Waals surface area contributed by atoms with Crippen LogP contribution in [0.4, 0.5) is 10.1 Å². The number of nitrogens with zero attached hydrogens (tertiary/aromatic N) is 1. The van der Waals surface area contributed by atoms with Crippen molar-refractivity contribution >= 4 is 25.4 Å². The summed E-state index contributed by atoms with van der Waals surface area (Å²) in [4.78, 5) is 1.86. The van der Waals surface area contributed by atoms with Crippen LogP contribution in [0.15, 0.2) is 52.3 Å². The topological polar surface area (TPSA) is 71.5 Å². The lowest BCUT2D eigenvalue weighted by Crippen LogP contribution is -2.26. The second-order valence-corrected chi connectivity index (χ2v) is 11.1. The van der Waals surface area contributed by atoms with Crippen LogP contribution in [-0.4, -0.2) is 35.9 Å². The third-order valence-electron chi connectivity index (χ3n) is 4.96. The lowest BCUT2D eigenvalue weighted by Gasteiger charge is -2.31. The molecule has 0 saturated carbocycles. The summed E-state index contributed by atoms with van der Waals surface area (Å²) in [5, 5.41) is 0. The minimum atomic E-state index is -3.67. The molecule has 5 nitrogen and oxygen atoms in total. The second-order valence-electron chi connectivity index (χ2n) is 7.13. The van der Waals surface area contributed by atoms with Gasteiger partial charge < -0.3 is 4.90 Å². The van der Waals surface area contributed by atoms with Gasteiger partial charge in [0.05, 0.1) is 21.5 Å². The molecule has 0 bridgehead atoms. The van der Waals surface area contributed by atoms with E-state index in [1.165, 1.54) is 30.3 Å². The summed E-state index contributed by atoms with van der Waals surface area (Å²) in [5.41, 5.74) is 1.22. The van der Waals surface area contributed by atoms with E-state index >= 15 is 0 Å². The molecule has 2 aromatic rings. The molecule has 2 atom stereocenters. The van der Waals surface area contributed by atoms with Crippen LogP contribution in [0, 0.1) is 11.7 Å². The Morgan fingerprint density at radius 1 is 1.00 bits per heavy atom. The lowest BCUT2D eigenvalue weighted by molar-refractivity contribution is 0.526. The van der Waals surface area contributed by atoms with Crippen molar-refractivity contribution in [2.24, 2.45) is 5.92 Å². The van der Waals surface area contributed by atoms with E-state index in [9.17, 15) is 21.2 Å². The van der Waals surface area contributed by atoms with E-state index in [0.29, 0.717) is 12.2 Å². The van der Waals surface area contributed by atoms with Crippen LogP contribution in [0.5, 0.6) is 0 Å². The fourth-order valence-corrected chi connectivity index (χ4v) is 5.30. The van der Waals surface area contributed by atoms with E-state index in [-0.39, 0.29) is 27.6 Å². The zero-order chi connectivity index (χ0) is 20.0. The number of hydrogen-bond donors (Lipinski definition) is 0. The SMILES string of the molecule is CC1CCN(c2ccc(S(C)(=O)=O)cc2S(C)(=O)=O)C1c1cccc(F)c1. The molecular weight excluding hydrogens is 389 g/mol. The third kappa shape index (κ3) is 4.01. The normalized spacial score (nSPS) is 20.8. The second kappa shape index (κ2) is 6.91. The number of rotatable bonds is 4. The van der Waals surface area contributed by atoms with Gasteiger partial charge >= 0.3 is 0 Å². The highest BCUT2D eigenvalue weighted by molar-refractivity contribution is 7.91. The molecule has 0 amide bonds. The molecule has 0 aliphatic carbocycles. The maximum Gasteiger partial charge on any atom is 0.177 e. The van der Waals surface area contributed by atoms with E-state index in [1.54, 1.807) is 6.07 Å². The molecule has 2 unspecified atom stereocenters. The smallest absolute Gasteiger partial charge is 0.177 e. The van der Waals surface area contributed by atoms with Gasteiger partial charge in [-0.3, -0.25) is 0 Å². The van der Waals surface area contributed by atoms with Gasteiger partial charge in [0.2, 0.25) is 0 Å². The van der Waals surface area contributed by atoms with E-state index in [0.717, 1.165) is 24.5 Å². The van der Waals surface area contributed by atoms with Crippen LogP contribution in [0.25, 0.3) is 0 Å². The van der Waals surface area contributed by atoms with Crippen LogP contribution >= 0.6 is 0 Å². The molecule has 1 fully saturated rings. The summed E-state index contributed by atoms with van der Waals surface area (Å²) in [6.45, 7) is 2.64. The van der Waals surface area contributed by atoms with Gasteiger partial charge in [-0.05, 0) is 48.2 Å². The van der Waals surface area contributed by atoms with Crippen LogP contribution < -0.4 is 4.90 Å². The fraction of sp³-hybridized carbons (Fsp3) is 0.368. The Hall–Kier alpha value is -1.93. The Morgan fingerprint density at radius 3 is 2.30 bits per heavy atom. The van der Waals surface area contributed by atoms with Gasteiger partial charge in [-0.2, -0.15) is 0 Å². The van der Waals surface area contributed by atoms with Gasteiger partial charge in [-0.15, -0.1) is 0 Å². The highest BCUT2D eigenvalue weighted by Crippen LogP contribution is 2.43. The molecule has 0 N–H and O–H groups in total. The Balaban J connectivity index is 2.17. The number of hydrogen-bond acceptors (Lipinski definition) is 5. The van der Waals surface area contributed by atoms with E-state index < -0.39 is 19.7 Å².